The van der Waals surface area contributed by atoms with E-state index in [4.69, 9.17) is 14.2 Å². The van der Waals surface area contributed by atoms with E-state index in [0.717, 1.165) is 12.8 Å². The largest absolute Gasteiger partial charge is 0.426 e. The summed E-state index contributed by atoms with van der Waals surface area (Å²) < 4.78 is 15.8. The van der Waals surface area contributed by atoms with Crippen LogP contribution in [-0.2, 0) is 23.9 Å². The maximum Gasteiger partial charge on any atom is 0.348 e. The van der Waals surface area contributed by atoms with Gasteiger partial charge in [-0.1, -0.05) is 18.2 Å². The van der Waals surface area contributed by atoms with Crippen molar-refractivity contribution in [3.63, 3.8) is 0 Å². The zero-order valence-electron chi connectivity index (χ0n) is 12.7. The predicted molar refractivity (Wildman–Crippen MR) is 79.1 cm³/mol. The van der Waals surface area contributed by atoms with Crippen LogP contribution in [0.25, 0.3) is 6.08 Å². The van der Waals surface area contributed by atoms with Crippen molar-refractivity contribution in [1.82, 2.24) is 0 Å². The highest BCUT2D eigenvalue weighted by Gasteiger charge is 2.47. The molecule has 0 N–H and O–H groups in total. The molecule has 23 heavy (non-hydrogen) atoms. The minimum atomic E-state index is -1.10. The van der Waals surface area contributed by atoms with Crippen LogP contribution in [0.5, 0.6) is 5.75 Å². The molecule has 1 saturated carbocycles. The molecule has 0 amide bonds. The molecule has 120 valence electrons. The van der Waals surface area contributed by atoms with E-state index in [-0.39, 0.29) is 11.3 Å². The SMILES string of the molecule is CC(=O)Oc1ccccc1C=C1C(=O)OC2(CCCC2)OC1=O. The van der Waals surface area contributed by atoms with Crippen molar-refractivity contribution in [3.05, 3.63) is 35.4 Å². The summed E-state index contributed by atoms with van der Waals surface area (Å²) in [5.41, 5.74) is 0.219. The van der Waals surface area contributed by atoms with Gasteiger partial charge in [-0.05, 0) is 25.0 Å². The number of esters is 3. The molecule has 1 aliphatic carbocycles. The minimum absolute atomic E-state index is 0.206. The summed E-state index contributed by atoms with van der Waals surface area (Å²) in [4.78, 5) is 35.5. The summed E-state index contributed by atoms with van der Waals surface area (Å²) in [6, 6.07) is 6.60. The van der Waals surface area contributed by atoms with E-state index in [9.17, 15) is 14.4 Å². The Kier molecular flexibility index (Phi) is 3.90. The molecule has 2 fully saturated rings. The first kappa shape index (κ1) is 15.3. The molecule has 1 aliphatic heterocycles. The van der Waals surface area contributed by atoms with Gasteiger partial charge in [-0.15, -0.1) is 0 Å². The van der Waals surface area contributed by atoms with Gasteiger partial charge in [0, 0.05) is 25.3 Å². The normalized spacial score (nSPS) is 19.3. The van der Waals surface area contributed by atoms with Gasteiger partial charge in [0.25, 0.3) is 5.79 Å². The molecule has 6 heteroatoms. The number of carbonyl (C=O) groups excluding carboxylic acids is 3. The lowest BCUT2D eigenvalue weighted by Gasteiger charge is -2.32. The summed E-state index contributed by atoms with van der Waals surface area (Å²) in [6.45, 7) is 1.27. The molecule has 3 rings (SSSR count). The van der Waals surface area contributed by atoms with Gasteiger partial charge in [-0.2, -0.15) is 0 Å². The Morgan fingerprint density at radius 2 is 1.74 bits per heavy atom. The molecule has 0 radical (unpaired) electrons. The van der Waals surface area contributed by atoms with Gasteiger partial charge in [-0.25, -0.2) is 9.59 Å². The van der Waals surface area contributed by atoms with E-state index in [0.29, 0.717) is 18.4 Å². The monoisotopic (exact) mass is 316 g/mol. The van der Waals surface area contributed by atoms with Crippen molar-refractivity contribution in [2.45, 2.75) is 38.4 Å². The van der Waals surface area contributed by atoms with Gasteiger partial charge >= 0.3 is 17.9 Å². The second kappa shape index (κ2) is 5.87. The van der Waals surface area contributed by atoms with Crippen molar-refractivity contribution in [1.29, 1.82) is 0 Å². The molecule has 0 aromatic heterocycles. The van der Waals surface area contributed by atoms with Crippen LogP contribution in [0.15, 0.2) is 29.8 Å². The van der Waals surface area contributed by atoms with Crippen LogP contribution < -0.4 is 4.74 Å². The lowest BCUT2D eigenvalue weighted by molar-refractivity contribution is -0.232. The summed E-state index contributed by atoms with van der Waals surface area (Å²) in [6.07, 6.45) is 4.10. The molecule has 1 heterocycles. The first-order valence-corrected chi connectivity index (χ1v) is 7.45. The Balaban J connectivity index is 1.90. The lowest BCUT2D eigenvalue weighted by Crippen LogP contribution is -2.44. The molecule has 1 spiro atoms. The highest BCUT2D eigenvalue weighted by Crippen LogP contribution is 2.39. The van der Waals surface area contributed by atoms with Crippen LogP contribution >= 0.6 is 0 Å². The van der Waals surface area contributed by atoms with E-state index in [1.54, 1.807) is 24.3 Å². The van der Waals surface area contributed by atoms with Crippen LogP contribution in [0.3, 0.4) is 0 Å². The van der Waals surface area contributed by atoms with Crippen LogP contribution in [-0.4, -0.2) is 23.7 Å². The highest BCUT2D eigenvalue weighted by molar-refractivity contribution is 6.19. The number of carbonyl (C=O) groups is 3. The second-order valence-corrected chi connectivity index (χ2v) is 5.59. The van der Waals surface area contributed by atoms with Gasteiger partial charge in [-0.3, -0.25) is 4.79 Å². The smallest absolute Gasteiger partial charge is 0.348 e. The molecule has 1 aromatic rings. The van der Waals surface area contributed by atoms with Crippen molar-refractivity contribution < 1.29 is 28.6 Å². The fourth-order valence-electron chi connectivity index (χ4n) is 2.79. The number of ether oxygens (including phenoxy) is 3. The molecular weight excluding hydrogens is 300 g/mol. The van der Waals surface area contributed by atoms with Crippen LogP contribution in [0.1, 0.15) is 38.2 Å². The third-order valence-corrected chi connectivity index (χ3v) is 3.84. The molecule has 1 saturated heterocycles. The molecule has 1 aromatic carbocycles. The molecule has 0 unspecified atom stereocenters. The van der Waals surface area contributed by atoms with E-state index in [2.05, 4.69) is 0 Å². The number of para-hydroxylation sites is 1. The Bertz CT molecular complexity index is 675. The molecule has 0 bridgehead atoms. The van der Waals surface area contributed by atoms with Gasteiger partial charge in [0.2, 0.25) is 0 Å². The molecule has 2 aliphatic rings. The van der Waals surface area contributed by atoms with Crippen LogP contribution in [0, 0.1) is 0 Å². The average molecular weight is 316 g/mol. The first-order chi connectivity index (χ1) is 11.0. The maximum atomic E-state index is 12.2. The number of hydrogen-bond acceptors (Lipinski definition) is 6. The Labute approximate surface area is 133 Å². The maximum absolute atomic E-state index is 12.2. The van der Waals surface area contributed by atoms with Crippen molar-refractivity contribution in [2.24, 2.45) is 0 Å². The zero-order chi connectivity index (χ0) is 16.4. The first-order valence-electron chi connectivity index (χ1n) is 7.45. The summed E-state index contributed by atoms with van der Waals surface area (Å²) in [7, 11) is 0. The summed E-state index contributed by atoms with van der Waals surface area (Å²) >= 11 is 0. The zero-order valence-corrected chi connectivity index (χ0v) is 12.7. The van der Waals surface area contributed by atoms with Crippen LogP contribution in [0.2, 0.25) is 0 Å². The molecule has 0 atom stereocenters. The Hall–Kier alpha value is -2.63. The highest BCUT2D eigenvalue weighted by atomic mass is 16.7. The Morgan fingerprint density at radius 1 is 1.13 bits per heavy atom. The predicted octanol–water partition coefficient (Wildman–Crippen LogP) is 2.37. The van der Waals surface area contributed by atoms with Gasteiger partial charge < -0.3 is 14.2 Å². The van der Waals surface area contributed by atoms with Crippen molar-refractivity contribution >= 4 is 24.0 Å². The fourth-order valence-corrected chi connectivity index (χ4v) is 2.79. The number of hydrogen-bond donors (Lipinski definition) is 0. The number of benzene rings is 1. The van der Waals surface area contributed by atoms with E-state index in [1.165, 1.54) is 13.0 Å². The Morgan fingerprint density at radius 3 is 2.35 bits per heavy atom. The van der Waals surface area contributed by atoms with Gasteiger partial charge in [0.05, 0.1) is 0 Å². The molecular formula is C17H16O6. The lowest BCUT2D eigenvalue weighted by atomic mass is 10.1. The van der Waals surface area contributed by atoms with E-state index >= 15 is 0 Å². The quantitative estimate of drug-likeness (QED) is 0.361. The summed E-state index contributed by atoms with van der Waals surface area (Å²) in [5.74, 6) is -2.74. The third kappa shape index (κ3) is 3.11. The van der Waals surface area contributed by atoms with Gasteiger partial charge in [0.1, 0.15) is 11.3 Å². The summed E-state index contributed by atoms with van der Waals surface area (Å²) in [5, 5.41) is 0. The molecule has 6 nitrogen and oxygen atoms in total. The van der Waals surface area contributed by atoms with E-state index < -0.39 is 23.7 Å². The topological polar surface area (TPSA) is 78.9 Å². The second-order valence-electron chi connectivity index (χ2n) is 5.59. The minimum Gasteiger partial charge on any atom is -0.426 e. The standard InChI is InChI=1S/C17H16O6/c1-11(18)21-14-7-3-2-6-12(14)10-13-15(19)22-17(23-16(13)20)8-4-5-9-17/h2-3,6-7,10H,4-5,8-9H2,1H3. The van der Waals surface area contributed by atoms with Crippen molar-refractivity contribution in [3.8, 4) is 5.75 Å². The number of rotatable bonds is 2. The van der Waals surface area contributed by atoms with Crippen LogP contribution in [0.4, 0.5) is 0 Å². The van der Waals surface area contributed by atoms with E-state index in [1.807, 2.05) is 0 Å². The third-order valence-electron chi connectivity index (χ3n) is 3.84. The van der Waals surface area contributed by atoms with Crippen molar-refractivity contribution in [2.75, 3.05) is 0 Å². The average Bonchev–Trinajstić information content (AvgIpc) is 2.91. The fraction of sp³-hybridized carbons (Fsp3) is 0.353. The van der Waals surface area contributed by atoms with Gasteiger partial charge in [0.15, 0.2) is 0 Å².